The van der Waals surface area contributed by atoms with E-state index in [1.807, 2.05) is 13.8 Å². The molecule has 0 bridgehead atoms. The van der Waals surface area contributed by atoms with Gasteiger partial charge in [-0.3, -0.25) is 14.4 Å². The highest BCUT2D eigenvalue weighted by molar-refractivity contribution is 7.93. The highest BCUT2D eigenvalue weighted by Gasteiger charge is 2.28. The summed E-state index contributed by atoms with van der Waals surface area (Å²) in [6.07, 6.45) is 4.65. The average molecular weight is 514 g/mol. The van der Waals surface area contributed by atoms with E-state index in [2.05, 4.69) is 24.9 Å². The van der Waals surface area contributed by atoms with Crippen LogP contribution < -0.4 is 10.0 Å². The van der Waals surface area contributed by atoms with E-state index >= 15 is 0 Å². The van der Waals surface area contributed by atoms with Gasteiger partial charge in [-0.1, -0.05) is 0 Å². The normalized spacial score (nSPS) is 18.1. The number of hydrogen-bond donors (Lipinski definition) is 4. The van der Waals surface area contributed by atoms with Gasteiger partial charge in [-0.25, -0.2) is 13.4 Å². The van der Waals surface area contributed by atoms with E-state index in [-0.39, 0.29) is 22.0 Å². The van der Waals surface area contributed by atoms with Crippen LogP contribution in [-0.2, 0) is 21.4 Å². The molecule has 2 aromatic heterocycles. The summed E-state index contributed by atoms with van der Waals surface area (Å²) >= 11 is 1.19. The van der Waals surface area contributed by atoms with Gasteiger partial charge >= 0.3 is 0 Å². The van der Waals surface area contributed by atoms with Crippen LogP contribution >= 0.6 is 11.3 Å². The van der Waals surface area contributed by atoms with Crippen molar-refractivity contribution < 1.29 is 18.3 Å². The molecule has 1 fully saturated rings. The van der Waals surface area contributed by atoms with E-state index in [0.29, 0.717) is 16.8 Å². The zero-order valence-corrected chi connectivity index (χ0v) is 21.1. The fourth-order valence-corrected chi connectivity index (χ4v) is 6.38. The molecule has 4 heterocycles. The second-order valence-electron chi connectivity index (χ2n) is 8.94. The van der Waals surface area contributed by atoms with E-state index < -0.39 is 10.0 Å². The molecule has 2 aliphatic heterocycles. The number of aryl methyl sites for hydroxylation is 1. The Hall–Kier alpha value is -2.99. The van der Waals surface area contributed by atoms with Crippen LogP contribution in [0.4, 0.5) is 10.8 Å². The number of H-pyrrole nitrogens is 1. The summed E-state index contributed by atoms with van der Waals surface area (Å²) in [7, 11) is -3.85. The number of rotatable bonds is 6. The number of anilines is 2. The molecule has 5 rings (SSSR count). The Kier molecular flexibility index (Phi) is 6.26. The molecular formula is C24H27N5O4S2. The van der Waals surface area contributed by atoms with Gasteiger partial charge in [0.05, 0.1) is 16.6 Å². The van der Waals surface area contributed by atoms with E-state index in [1.165, 1.54) is 35.2 Å². The number of fused-ring (bicyclic) bond motifs is 1. The van der Waals surface area contributed by atoms with Crippen molar-refractivity contribution in [2.24, 2.45) is 0 Å². The van der Waals surface area contributed by atoms with Gasteiger partial charge in [-0.15, -0.1) is 11.3 Å². The molecule has 0 spiro atoms. The SMILES string of the molecule is Cc1[nH]c(/C=C2\C(=O)Nc3ccc(S(=O)(=O)Nc4nccs4)cc32)c(C)c1CN1CCC(O)CC1. The number of carbonyl (C=O) groups excluding carboxylic acids is 1. The third-order valence-corrected chi connectivity index (χ3v) is 8.75. The largest absolute Gasteiger partial charge is 0.393 e. The number of likely N-dealkylation sites (tertiary alicyclic amines) is 1. The van der Waals surface area contributed by atoms with Crippen LogP contribution in [0.5, 0.6) is 0 Å². The van der Waals surface area contributed by atoms with Crippen molar-refractivity contribution in [2.45, 2.75) is 44.2 Å². The number of hydrogen-bond acceptors (Lipinski definition) is 7. The molecule has 0 saturated carbocycles. The first-order valence-corrected chi connectivity index (χ1v) is 13.8. The smallest absolute Gasteiger partial charge is 0.263 e. The highest BCUT2D eigenvalue weighted by Crippen LogP contribution is 2.36. The summed E-state index contributed by atoms with van der Waals surface area (Å²) in [5.74, 6) is -0.277. The van der Waals surface area contributed by atoms with Crippen molar-refractivity contribution in [3.05, 3.63) is 57.9 Å². The number of benzene rings is 1. The predicted octanol–water partition coefficient (Wildman–Crippen LogP) is 3.34. The molecule has 11 heteroatoms. The first-order valence-electron chi connectivity index (χ1n) is 11.4. The molecule has 4 N–H and O–H groups in total. The van der Waals surface area contributed by atoms with Crippen LogP contribution in [0.25, 0.3) is 11.6 Å². The van der Waals surface area contributed by atoms with Crippen LogP contribution in [0.2, 0.25) is 0 Å². The van der Waals surface area contributed by atoms with Crippen molar-refractivity contribution in [1.82, 2.24) is 14.9 Å². The summed E-state index contributed by atoms with van der Waals surface area (Å²) in [5.41, 5.74) is 5.60. The molecular weight excluding hydrogens is 486 g/mol. The Bertz CT molecular complexity index is 1400. The third kappa shape index (κ3) is 4.76. The highest BCUT2D eigenvalue weighted by atomic mass is 32.2. The van der Waals surface area contributed by atoms with Gasteiger partial charge < -0.3 is 15.4 Å². The maximum absolute atomic E-state index is 12.9. The lowest BCUT2D eigenvalue weighted by molar-refractivity contribution is -0.110. The standard InChI is InChI=1S/C24H27N5O4S2/c1-14-20(13-29-8-5-16(30)6-9-29)15(2)26-22(14)12-19-18-11-17(3-4-21(18)27-23(19)31)35(32,33)28-24-25-7-10-34-24/h3-4,7,10-12,16,26,30H,5-6,8-9,13H2,1-2H3,(H,25,28)(H,27,31)/b19-12-. The predicted molar refractivity (Wildman–Crippen MR) is 137 cm³/mol. The molecule has 0 atom stereocenters. The summed E-state index contributed by atoms with van der Waals surface area (Å²) < 4.78 is 28.2. The Morgan fingerprint density at radius 2 is 2.06 bits per heavy atom. The van der Waals surface area contributed by atoms with Gasteiger partial charge in [0.2, 0.25) is 0 Å². The van der Waals surface area contributed by atoms with E-state index in [9.17, 15) is 18.3 Å². The summed E-state index contributed by atoms with van der Waals surface area (Å²) in [5, 5.41) is 14.6. The number of sulfonamides is 1. The Balaban J connectivity index is 1.45. The first kappa shape index (κ1) is 23.7. The number of amides is 1. The number of thiazole rings is 1. The van der Waals surface area contributed by atoms with Crippen molar-refractivity contribution in [2.75, 3.05) is 23.1 Å². The van der Waals surface area contributed by atoms with Crippen molar-refractivity contribution in [3.8, 4) is 0 Å². The Labute approximate surface area is 208 Å². The number of aliphatic hydroxyl groups excluding tert-OH is 1. The number of nitrogens with one attached hydrogen (secondary N) is 3. The van der Waals surface area contributed by atoms with Crippen molar-refractivity contribution in [3.63, 3.8) is 0 Å². The monoisotopic (exact) mass is 513 g/mol. The topological polar surface area (TPSA) is 127 Å². The molecule has 1 aromatic carbocycles. The van der Waals surface area contributed by atoms with Crippen LogP contribution in [0.3, 0.4) is 0 Å². The third-order valence-electron chi connectivity index (χ3n) is 6.60. The van der Waals surface area contributed by atoms with E-state index in [1.54, 1.807) is 17.5 Å². The Morgan fingerprint density at radius 1 is 1.29 bits per heavy atom. The minimum Gasteiger partial charge on any atom is -0.393 e. The number of aromatic amines is 1. The van der Waals surface area contributed by atoms with Crippen LogP contribution in [0.1, 0.15) is 40.9 Å². The van der Waals surface area contributed by atoms with Gasteiger partial charge in [-0.05, 0) is 62.1 Å². The minimum absolute atomic E-state index is 0.0567. The van der Waals surface area contributed by atoms with Gasteiger partial charge in [-0.2, -0.15) is 0 Å². The van der Waals surface area contributed by atoms with E-state index in [0.717, 1.165) is 49.4 Å². The zero-order chi connectivity index (χ0) is 24.7. The van der Waals surface area contributed by atoms with Gasteiger partial charge in [0.15, 0.2) is 5.13 Å². The van der Waals surface area contributed by atoms with Gasteiger partial charge in [0.25, 0.3) is 15.9 Å². The second kappa shape index (κ2) is 9.23. The minimum atomic E-state index is -3.85. The number of aliphatic hydroxyl groups is 1. The summed E-state index contributed by atoms with van der Waals surface area (Å²) in [4.78, 5) is 22.6. The first-order chi connectivity index (χ1) is 16.7. The van der Waals surface area contributed by atoms with Crippen LogP contribution in [0.15, 0.2) is 34.7 Å². The van der Waals surface area contributed by atoms with Gasteiger partial charge in [0, 0.05) is 53.8 Å². The summed E-state index contributed by atoms with van der Waals surface area (Å²) in [6.45, 7) is 6.52. The molecule has 1 amide bonds. The van der Waals surface area contributed by atoms with Crippen molar-refractivity contribution in [1.29, 1.82) is 0 Å². The lowest BCUT2D eigenvalue weighted by Gasteiger charge is -2.29. The quantitative estimate of drug-likeness (QED) is 0.375. The fourth-order valence-electron chi connectivity index (χ4n) is 4.57. The molecule has 0 unspecified atom stereocenters. The number of piperidine rings is 1. The number of aromatic nitrogens is 2. The zero-order valence-electron chi connectivity index (χ0n) is 19.5. The van der Waals surface area contributed by atoms with Gasteiger partial charge in [0.1, 0.15) is 0 Å². The molecule has 0 aliphatic carbocycles. The Morgan fingerprint density at radius 3 is 2.77 bits per heavy atom. The molecule has 0 radical (unpaired) electrons. The van der Waals surface area contributed by atoms with Crippen LogP contribution in [0, 0.1) is 13.8 Å². The van der Waals surface area contributed by atoms with E-state index in [4.69, 9.17) is 0 Å². The molecule has 35 heavy (non-hydrogen) atoms. The number of carbonyl (C=O) groups is 1. The lowest BCUT2D eigenvalue weighted by atomic mass is 10.0. The average Bonchev–Trinajstić information content (AvgIpc) is 3.50. The maximum Gasteiger partial charge on any atom is 0.263 e. The number of nitrogens with zero attached hydrogens (tertiary/aromatic N) is 2. The molecule has 2 aliphatic rings. The molecule has 3 aromatic rings. The molecule has 184 valence electrons. The molecule has 1 saturated heterocycles. The molecule has 9 nitrogen and oxygen atoms in total. The second-order valence-corrected chi connectivity index (χ2v) is 11.5. The van der Waals surface area contributed by atoms with Crippen molar-refractivity contribution >= 4 is 49.7 Å². The fraction of sp³-hybridized carbons (Fsp3) is 0.333. The lowest BCUT2D eigenvalue weighted by Crippen LogP contribution is -2.35. The summed E-state index contributed by atoms with van der Waals surface area (Å²) in [6, 6.07) is 4.59. The van der Waals surface area contributed by atoms with Crippen LogP contribution in [-0.4, -0.2) is 53.5 Å². The maximum atomic E-state index is 12.9.